The summed E-state index contributed by atoms with van der Waals surface area (Å²) >= 11 is 0.621. The number of aromatic nitrogens is 5. The monoisotopic (exact) mass is 620 g/mol. The number of ketones is 1. The second kappa shape index (κ2) is 9.95. The van der Waals surface area contributed by atoms with Gasteiger partial charge in [0.05, 0.1) is 29.2 Å². The fourth-order valence-electron chi connectivity index (χ4n) is 5.79. The van der Waals surface area contributed by atoms with Crippen LogP contribution in [0.3, 0.4) is 0 Å². The highest BCUT2D eigenvalue weighted by molar-refractivity contribution is 7.89. The Morgan fingerprint density at radius 3 is 2.55 bits per heavy atom. The fourth-order valence-corrected chi connectivity index (χ4v) is 8.02. The summed E-state index contributed by atoms with van der Waals surface area (Å²) in [6.45, 7) is 0. The van der Waals surface area contributed by atoms with E-state index in [-0.39, 0.29) is 22.7 Å². The maximum Gasteiger partial charge on any atom is 0.434 e. The third kappa shape index (κ3) is 4.68. The van der Waals surface area contributed by atoms with E-state index >= 15 is 0 Å². The quantitative estimate of drug-likeness (QED) is 0.225. The number of carbonyl (C=O) groups excluding carboxylic acids is 1. The lowest BCUT2D eigenvalue weighted by molar-refractivity contribution is -0.140. The van der Waals surface area contributed by atoms with Gasteiger partial charge in [0, 0.05) is 31.7 Å². The number of thiazole rings is 1. The first-order chi connectivity index (χ1) is 19.8. The van der Waals surface area contributed by atoms with Crippen molar-refractivity contribution < 1.29 is 30.8 Å². The third-order valence-corrected chi connectivity index (χ3v) is 10.7. The van der Waals surface area contributed by atoms with Crippen molar-refractivity contribution in [1.82, 2.24) is 28.9 Å². The predicted octanol–water partition coefficient (Wildman–Crippen LogP) is 4.90. The number of hydrogen-bond donors (Lipinski definition) is 0. The molecule has 0 amide bonds. The maximum atomic E-state index is 14.2. The molecule has 1 saturated carbocycles. The van der Waals surface area contributed by atoms with Crippen molar-refractivity contribution in [3.8, 4) is 5.69 Å². The summed E-state index contributed by atoms with van der Waals surface area (Å²) in [5.74, 6) is -1.00. The van der Waals surface area contributed by atoms with Crippen molar-refractivity contribution in [3.05, 3.63) is 81.6 Å². The molecule has 1 fully saturated rings. The second-order valence-electron chi connectivity index (χ2n) is 10.5. The van der Waals surface area contributed by atoms with Crippen molar-refractivity contribution in [2.24, 2.45) is 12.5 Å². The minimum atomic E-state index is -4.71. The molecule has 42 heavy (non-hydrogen) atoms. The van der Waals surface area contributed by atoms with E-state index in [1.165, 1.54) is 40.6 Å². The van der Waals surface area contributed by atoms with Crippen LogP contribution in [0.25, 0.3) is 11.8 Å². The van der Waals surface area contributed by atoms with Crippen LogP contribution >= 0.6 is 11.3 Å². The minimum Gasteiger partial charge on any atom is -0.290 e. The molecule has 0 aliphatic heterocycles. The summed E-state index contributed by atoms with van der Waals surface area (Å²) in [6.07, 6.45) is 2.10. The smallest absolute Gasteiger partial charge is 0.290 e. The van der Waals surface area contributed by atoms with Crippen LogP contribution in [0.2, 0.25) is 0 Å². The largest absolute Gasteiger partial charge is 0.434 e. The number of fused-ring (bicyclic) bond motifs is 2. The number of allylic oxidation sites excluding steroid dienone is 1. The zero-order chi connectivity index (χ0) is 30.0. The highest BCUT2D eigenvalue weighted by Crippen LogP contribution is 2.51. The molecule has 0 radical (unpaired) electrons. The van der Waals surface area contributed by atoms with Crippen LogP contribution in [0.4, 0.5) is 17.6 Å². The van der Waals surface area contributed by atoms with E-state index in [1.807, 2.05) is 0 Å². The molecule has 0 N–H and O–H groups in total. The molecular formula is C27H24F4N6O3S2. The molecule has 3 heterocycles. The van der Waals surface area contributed by atoms with Gasteiger partial charge in [-0.2, -0.15) is 27.7 Å². The first kappa shape index (κ1) is 28.4. The average molecular weight is 621 g/mol. The lowest BCUT2D eigenvalue weighted by Crippen LogP contribution is -2.49. The number of Topliss-reactive ketones (excluding diaryl/α,β-unsaturated/α-hetero) is 1. The molecule has 6 rings (SSSR count). The van der Waals surface area contributed by atoms with Crippen molar-refractivity contribution in [3.63, 3.8) is 0 Å². The Labute approximate surface area is 242 Å². The Hall–Kier alpha value is -3.69. The molecule has 1 aromatic carbocycles. The molecule has 220 valence electrons. The summed E-state index contributed by atoms with van der Waals surface area (Å²) in [5.41, 5.74) is 0.0935. The van der Waals surface area contributed by atoms with Crippen LogP contribution in [0, 0.1) is 11.2 Å². The van der Waals surface area contributed by atoms with E-state index in [2.05, 4.69) is 15.2 Å². The topological polar surface area (TPSA) is 103 Å². The number of sulfonamides is 1. The Morgan fingerprint density at radius 1 is 1.17 bits per heavy atom. The molecule has 2 aliphatic rings. The van der Waals surface area contributed by atoms with Crippen LogP contribution in [0.15, 0.2) is 58.7 Å². The molecule has 0 saturated heterocycles. The first-order valence-electron chi connectivity index (χ1n) is 12.9. The fraction of sp³-hybridized carbons (Fsp3) is 0.333. The van der Waals surface area contributed by atoms with E-state index in [4.69, 9.17) is 0 Å². The van der Waals surface area contributed by atoms with Gasteiger partial charge in [-0.05, 0) is 61.6 Å². The molecule has 0 unspecified atom stereocenters. The molecule has 15 heteroatoms. The van der Waals surface area contributed by atoms with Crippen molar-refractivity contribution in [2.75, 3.05) is 7.05 Å². The Bertz CT molecular complexity index is 1820. The highest BCUT2D eigenvalue weighted by Gasteiger charge is 2.52. The zero-order valence-electron chi connectivity index (χ0n) is 22.3. The van der Waals surface area contributed by atoms with E-state index < -0.39 is 45.0 Å². The van der Waals surface area contributed by atoms with Crippen molar-refractivity contribution >= 4 is 33.2 Å². The number of aryl methyl sites for hydroxylation is 1. The lowest BCUT2D eigenvalue weighted by Gasteiger charge is -2.45. The summed E-state index contributed by atoms with van der Waals surface area (Å²) in [6, 6.07) is 5.11. The second-order valence-corrected chi connectivity index (χ2v) is 13.4. The SMILES string of the molecule is CN([C@H]1CCC2=Cc3c(cnn3-c3ccc(F)cc3)C[C@]2(C(=O)c2nc(C(F)(F)F)cs2)C1)S(=O)(=O)c1cnn(C)c1. The van der Waals surface area contributed by atoms with Gasteiger partial charge in [-0.15, -0.1) is 11.3 Å². The first-order valence-corrected chi connectivity index (χ1v) is 15.2. The Morgan fingerprint density at radius 2 is 1.90 bits per heavy atom. The van der Waals surface area contributed by atoms with Gasteiger partial charge in [0.15, 0.2) is 10.7 Å². The van der Waals surface area contributed by atoms with Gasteiger partial charge < -0.3 is 0 Å². The summed E-state index contributed by atoms with van der Waals surface area (Å²) in [5, 5.41) is 8.93. The molecular weight excluding hydrogens is 596 g/mol. The van der Waals surface area contributed by atoms with E-state index in [1.54, 1.807) is 36.1 Å². The molecule has 0 bridgehead atoms. The Balaban J connectivity index is 1.42. The predicted molar refractivity (Wildman–Crippen MR) is 145 cm³/mol. The average Bonchev–Trinajstić information content (AvgIpc) is 3.71. The Kier molecular flexibility index (Phi) is 6.74. The van der Waals surface area contributed by atoms with Gasteiger partial charge in [0.25, 0.3) is 0 Å². The van der Waals surface area contributed by atoms with Gasteiger partial charge in [0.1, 0.15) is 10.7 Å². The van der Waals surface area contributed by atoms with Gasteiger partial charge in [-0.25, -0.2) is 22.5 Å². The number of halogens is 4. The summed E-state index contributed by atoms with van der Waals surface area (Å²) in [7, 11) is -0.941. The van der Waals surface area contributed by atoms with Crippen LogP contribution < -0.4 is 0 Å². The number of nitrogens with zero attached hydrogens (tertiary/aromatic N) is 6. The molecule has 2 atom stereocenters. The van der Waals surface area contributed by atoms with Gasteiger partial charge in [0.2, 0.25) is 15.8 Å². The maximum absolute atomic E-state index is 14.2. The van der Waals surface area contributed by atoms with Crippen LogP contribution in [0.5, 0.6) is 0 Å². The summed E-state index contributed by atoms with van der Waals surface area (Å²) in [4.78, 5) is 17.8. The van der Waals surface area contributed by atoms with Crippen LogP contribution in [0.1, 0.15) is 46.0 Å². The number of hydrogen-bond acceptors (Lipinski definition) is 7. The lowest BCUT2D eigenvalue weighted by atomic mass is 9.61. The van der Waals surface area contributed by atoms with E-state index in [9.17, 15) is 30.8 Å². The van der Waals surface area contributed by atoms with Gasteiger partial charge in [-0.3, -0.25) is 9.48 Å². The number of alkyl halides is 3. The van der Waals surface area contributed by atoms with Gasteiger partial charge >= 0.3 is 6.18 Å². The summed E-state index contributed by atoms with van der Waals surface area (Å²) < 4.78 is 84.8. The molecule has 4 aromatic rings. The molecule has 0 spiro atoms. The normalized spacial score (nSPS) is 20.7. The molecule has 3 aromatic heterocycles. The van der Waals surface area contributed by atoms with E-state index in [0.29, 0.717) is 46.7 Å². The van der Waals surface area contributed by atoms with Gasteiger partial charge in [-0.1, -0.05) is 5.57 Å². The zero-order valence-corrected chi connectivity index (χ0v) is 24.0. The van der Waals surface area contributed by atoms with E-state index in [0.717, 1.165) is 5.38 Å². The van der Waals surface area contributed by atoms with Crippen molar-refractivity contribution in [2.45, 2.75) is 42.8 Å². The number of carbonyl (C=O) groups is 1. The van der Waals surface area contributed by atoms with Crippen LogP contribution in [-0.4, -0.2) is 56.1 Å². The number of benzene rings is 1. The highest BCUT2D eigenvalue weighted by atomic mass is 32.2. The molecule has 2 aliphatic carbocycles. The van der Waals surface area contributed by atoms with Crippen molar-refractivity contribution in [1.29, 1.82) is 0 Å². The minimum absolute atomic E-state index is 0.00420. The standard InChI is InChI=1S/C27H24F4N6O3S2/c1-35-14-21(13-32-35)42(39,40)36(2)20-6-3-17-9-22-16(12-33-37(22)19-7-4-18(28)5-8-19)10-26(17,11-20)24(38)25-34-23(15-41-25)27(29,30)31/h4-5,7-9,12-15,20H,3,6,10-11H2,1-2H3/t20-,26-/m0/s1. The third-order valence-electron chi connectivity index (χ3n) is 8.00. The molecule has 9 nitrogen and oxygen atoms in total. The number of rotatable bonds is 6. The van der Waals surface area contributed by atoms with Crippen LogP contribution in [-0.2, 0) is 29.7 Å².